The Hall–Kier alpha value is -1.37. The molecule has 0 fully saturated rings. The number of ether oxygens (including phenoxy) is 1. The summed E-state index contributed by atoms with van der Waals surface area (Å²) >= 11 is 0.404. The van der Waals surface area contributed by atoms with Gasteiger partial charge in [-0.15, -0.1) is 0 Å². The second-order valence-electron chi connectivity index (χ2n) is 4.70. The Labute approximate surface area is 136 Å². The van der Waals surface area contributed by atoms with Crippen molar-refractivity contribution in [2.45, 2.75) is 16.5 Å². The summed E-state index contributed by atoms with van der Waals surface area (Å²) in [5, 5.41) is 3.37. The van der Waals surface area contributed by atoms with Crippen molar-refractivity contribution < 1.29 is 30.4 Å². The number of nitrogens with one attached hydrogen (secondary N) is 1. The molecule has 0 bridgehead atoms. The molecule has 12 heteroatoms. The van der Waals surface area contributed by atoms with E-state index >= 15 is 0 Å². The molecule has 0 saturated carbocycles. The van der Waals surface area contributed by atoms with Crippen molar-refractivity contribution in [1.29, 1.82) is 0 Å². The van der Waals surface area contributed by atoms with Gasteiger partial charge in [0, 0.05) is 11.5 Å². The highest BCUT2D eigenvalue weighted by Gasteiger charge is 2.39. The number of benzene rings is 1. The van der Waals surface area contributed by atoms with E-state index in [0.717, 1.165) is 29.9 Å². The van der Waals surface area contributed by atoms with E-state index in [1.54, 1.807) is 0 Å². The van der Waals surface area contributed by atoms with Crippen molar-refractivity contribution in [2.24, 2.45) is 5.14 Å². The van der Waals surface area contributed by atoms with Gasteiger partial charge in [0.15, 0.2) is 0 Å². The lowest BCUT2D eigenvalue weighted by molar-refractivity contribution is 0.0302. The van der Waals surface area contributed by atoms with Gasteiger partial charge in [-0.25, -0.2) is 26.4 Å². The summed E-state index contributed by atoms with van der Waals surface area (Å²) < 4.78 is 79.9. The van der Waals surface area contributed by atoms with Crippen LogP contribution in [0.3, 0.4) is 0 Å². The molecule has 1 heterocycles. The van der Waals surface area contributed by atoms with E-state index in [1.807, 2.05) is 0 Å². The van der Waals surface area contributed by atoms with Crippen LogP contribution in [0.1, 0.15) is 6.42 Å². The fourth-order valence-corrected chi connectivity index (χ4v) is 3.55. The van der Waals surface area contributed by atoms with Gasteiger partial charge in [0.05, 0.1) is 23.3 Å². The molecule has 0 aliphatic carbocycles. The number of rotatable bonds is 5. The predicted octanol–water partition coefficient (Wildman–Crippen LogP) is 1.66. The molecule has 0 saturated heterocycles. The average Bonchev–Trinajstić information content (AvgIpc) is 2.68. The Morgan fingerprint density at radius 2 is 2.00 bits per heavy atom. The number of hydrogen-bond donors (Lipinski definition) is 2. The molecule has 0 amide bonds. The number of sulfonamides is 2. The summed E-state index contributed by atoms with van der Waals surface area (Å²) in [5.74, 6) is -1.18. The van der Waals surface area contributed by atoms with E-state index in [1.165, 1.54) is 0 Å². The molecule has 0 radical (unpaired) electrons. The minimum atomic E-state index is -4.12. The first-order chi connectivity index (χ1) is 10.4. The number of nitrogens with two attached hydrogens (primary N) is 1. The van der Waals surface area contributed by atoms with Crippen LogP contribution in [-0.4, -0.2) is 28.3 Å². The number of alkyl halides is 1. The van der Waals surface area contributed by atoms with E-state index in [2.05, 4.69) is 4.72 Å². The zero-order valence-electron chi connectivity index (χ0n) is 11.6. The predicted molar refractivity (Wildman–Crippen MR) is 82.1 cm³/mol. The van der Waals surface area contributed by atoms with Crippen LogP contribution < -0.4 is 14.6 Å². The molecule has 1 aromatic rings. The fourth-order valence-electron chi connectivity index (χ4n) is 1.71. The lowest BCUT2D eigenvalue weighted by Crippen LogP contribution is -2.25. The number of thioether (sulfide) groups is 1. The lowest BCUT2D eigenvalue weighted by atomic mass is 10.3. The summed E-state index contributed by atoms with van der Waals surface area (Å²) in [7, 11) is -7.86. The van der Waals surface area contributed by atoms with Crippen LogP contribution in [0.4, 0.5) is 14.5 Å². The molecule has 0 spiro atoms. The highest BCUT2D eigenvalue weighted by Crippen LogP contribution is 2.45. The van der Waals surface area contributed by atoms with Crippen molar-refractivity contribution >= 4 is 37.5 Å². The second kappa shape index (κ2) is 5.92. The molecule has 3 N–H and O–H groups in total. The second-order valence-corrected chi connectivity index (χ2v) is 9.09. The van der Waals surface area contributed by atoms with E-state index in [9.17, 15) is 25.6 Å². The minimum absolute atomic E-state index is 0.204. The van der Waals surface area contributed by atoms with Crippen LogP contribution in [0.5, 0.6) is 5.75 Å². The van der Waals surface area contributed by atoms with Gasteiger partial charge in [0.25, 0.3) is 0 Å². The summed E-state index contributed by atoms with van der Waals surface area (Å²) in [4.78, 5) is -0.411. The minimum Gasteiger partial charge on any atom is -0.446 e. The van der Waals surface area contributed by atoms with Crippen molar-refractivity contribution in [3.05, 3.63) is 29.4 Å². The molecular formula is C11H12F2N2O5S3. The van der Waals surface area contributed by atoms with Crippen molar-refractivity contribution in [1.82, 2.24) is 0 Å². The Morgan fingerprint density at radius 3 is 2.48 bits per heavy atom. The highest BCUT2D eigenvalue weighted by atomic mass is 32.2. The maximum Gasteiger partial charge on any atom is 0.307 e. The van der Waals surface area contributed by atoms with Crippen LogP contribution in [0.15, 0.2) is 34.3 Å². The first kappa shape index (κ1) is 18.0. The number of primary sulfonamides is 1. The zero-order chi connectivity index (χ0) is 17.5. The Kier molecular flexibility index (Phi) is 4.63. The summed E-state index contributed by atoms with van der Waals surface area (Å²) in [5.41, 5.74) is -0.204. The quantitative estimate of drug-likeness (QED) is 0.795. The Bertz CT molecular complexity index is 870. The summed E-state index contributed by atoms with van der Waals surface area (Å²) in [6, 6.07) is 2.95. The maximum atomic E-state index is 14.4. The maximum absolute atomic E-state index is 14.4. The first-order valence-corrected chi connectivity index (χ1v) is 10.2. The fraction of sp³-hybridized carbons (Fsp3) is 0.273. The molecule has 1 unspecified atom stereocenters. The standard InChI is InChI=1S/C11H12F2N2O5S3/c1-22(16,17)15-9-3-2-8(23(14,18)19)4-10(9)20-11(13)5-7(12)6-21-11/h2-4,6,15H,5H2,1H3,(H2,14,18,19). The first-order valence-electron chi connectivity index (χ1n) is 5.93. The summed E-state index contributed by atoms with van der Waals surface area (Å²) in [6.07, 6.45) is 0.150. The molecule has 128 valence electrons. The third-order valence-corrected chi connectivity index (χ3v) is 5.04. The SMILES string of the molecule is CS(=O)(=O)Nc1ccc(S(N)(=O)=O)cc1OC1(F)CC(F)=CS1. The van der Waals surface area contributed by atoms with Crippen molar-refractivity contribution in [3.63, 3.8) is 0 Å². The van der Waals surface area contributed by atoms with E-state index < -0.39 is 48.1 Å². The average molecular weight is 386 g/mol. The van der Waals surface area contributed by atoms with Gasteiger partial charge in [-0.3, -0.25) is 4.72 Å². The smallest absolute Gasteiger partial charge is 0.307 e. The van der Waals surface area contributed by atoms with Gasteiger partial charge in [-0.1, -0.05) is 0 Å². The molecule has 1 atom stereocenters. The topological polar surface area (TPSA) is 116 Å². The van der Waals surface area contributed by atoms with E-state index in [0.29, 0.717) is 11.8 Å². The van der Waals surface area contributed by atoms with Crippen LogP contribution in [-0.2, 0) is 20.0 Å². The van der Waals surface area contributed by atoms with Gasteiger partial charge in [-0.2, -0.15) is 4.39 Å². The van der Waals surface area contributed by atoms with Crippen LogP contribution in [0.25, 0.3) is 0 Å². The van der Waals surface area contributed by atoms with Gasteiger partial charge in [-0.05, 0) is 23.9 Å². The van der Waals surface area contributed by atoms with Gasteiger partial charge >= 0.3 is 5.19 Å². The number of halogens is 2. The zero-order valence-corrected chi connectivity index (χ0v) is 14.1. The van der Waals surface area contributed by atoms with Crippen LogP contribution >= 0.6 is 11.8 Å². The molecule has 1 aromatic carbocycles. The largest absolute Gasteiger partial charge is 0.446 e. The third-order valence-electron chi connectivity index (χ3n) is 2.58. The molecule has 1 aliphatic heterocycles. The number of hydrogen-bond acceptors (Lipinski definition) is 6. The number of anilines is 1. The van der Waals surface area contributed by atoms with Crippen molar-refractivity contribution in [3.8, 4) is 5.75 Å². The Balaban J connectivity index is 2.44. The van der Waals surface area contributed by atoms with Gasteiger partial charge in [0.1, 0.15) is 11.6 Å². The van der Waals surface area contributed by atoms with E-state index in [4.69, 9.17) is 9.88 Å². The molecule has 2 rings (SSSR count). The highest BCUT2D eigenvalue weighted by molar-refractivity contribution is 8.03. The Morgan fingerprint density at radius 1 is 1.35 bits per heavy atom. The third kappa shape index (κ3) is 4.80. The molecule has 7 nitrogen and oxygen atoms in total. The molecule has 23 heavy (non-hydrogen) atoms. The van der Waals surface area contributed by atoms with Gasteiger partial charge in [0.2, 0.25) is 20.0 Å². The monoisotopic (exact) mass is 386 g/mol. The lowest BCUT2D eigenvalue weighted by Gasteiger charge is -2.22. The summed E-state index contributed by atoms with van der Waals surface area (Å²) in [6.45, 7) is 0. The van der Waals surface area contributed by atoms with Gasteiger partial charge < -0.3 is 4.74 Å². The molecule has 0 aromatic heterocycles. The molecular weight excluding hydrogens is 374 g/mol. The van der Waals surface area contributed by atoms with Crippen molar-refractivity contribution in [2.75, 3.05) is 11.0 Å². The van der Waals surface area contributed by atoms with Crippen LogP contribution in [0, 0.1) is 0 Å². The van der Waals surface area contributed by atoms with Crippen LogP contribution in [0.2, 0.25) is 0 Å². The van der Waals surface area contributed by atoms with E-state index in [-0.39, 0.29) is 5.69 Å². The normalized spacial score (nSPS) is 21.8. The molecule has 1 aliphatic rings.